The van der Waals surface area contributed by atoms with E-state index in [1.165, 1.54) is 6.26 Å². The number of nitrogens with one attached hydrogen (secondary N) is 2. The van der Waals surface area contributed by atoms with Crippen LogP contribution in [-0.4, -0.2) is 27.8 Å². The lowest BCUT2D eigenvalue weighted by Crippen LogP contribution is -2.27. The normalized spacial score (nSPS) is 11.8. The van der Waals surface area contributed by atoms with Gasteiger partial charge in [0.25, 0.3) is 0 Å². The van der Waals surface area contributed by atoms with Gasteiger partial charge in [0.2, 0.25) is 10.0 Å². The highest BCUT2D eigenvalue weighted by Gasteiger charge is 2.09. The molecule has 0 saturated heterocycles. The topological polar surface area (TPSA) is 71.3 Å². The minimum atomic E-state index is -3.18. The van der Waals surface area contributed by atoms with E-state index in [0.29, 0.717) is 18.7 Å². The van der Waals surface area contributed by atoms with E-state index >= 15 is 0 Å². The summed E-state index contributed by atoms with van der Waals surface area (Å²) in [5, 5.41) is 2.90. The fraction of sp³-hybridized carbons (Fsp3) is 0.556. The van der Waals surface area contributed by atoms with E-state index in [1.807, 2.05) is 0 Å². The van der Waals surface area contributed by atoms with E-state index in [1.54, 1.807) is 19.2 Å². The highest BCUT2D eigenvalue weighted by atomic mass is 32.2. The van der Waals surface area contributed by atoms with Gasteiger partial charge in [-0.2, -0.15) is 0 Å². The second-order valence-electron chi connectivity index (χ2n) is 3.18. The van der Waals surface area contributed by atoms with Gasteiger partial charge in [-0.25, -0.2) is 13.1 Å². The van der Waals surface area contributed by atoms with Crippen molar-refractivity contribution in [2.45, 2.75) is 13.0 Å². The molecule has 0 saturated carbocycles. The summed E-state index contributed by atoms with van der Waals surface area (Å²) in [5.74, 6) is 0.751. The third-order valence-corrected chi connectivity index (χ3v) is 3.30. The molecule has 2 N–H and O–H groups in total. The van der Waals surface area contributed by atoms with Crippen molar-refractivity contribution in [1.29, 1.82) is 0 Å². The van der Waals surface area contributed by atoms with Gasteiger partial charge in [-0.1, -0.05) is 0 Å². The Morgan fingerprint density at radius 2 is 2.27 bits per heavy atom. The summed E-state index contributed by atoms with van der Waals surface area (Å²) in [5.41, 5.74) is 0. The van der Waals surface area contributed by atoms with Crippen molar-refractivity contribution in [2.75, 3.05) is 19.3 Å². The predicted octanol–water partition coefficient (Wildman–Crippen LogP) is 0.309. The van der Waals surface area contributed by atoms with Gasteiger partial charge in [-0.05, 0) is 32.1 Å². The van der Waals surface area contributed by atoms with E-state index in [-0.39, 0.29) is 12.3 Å². The second-order valence-corrected chi connectivity index (χ2v) is 5.10. The van der Waals surface area contributed by atoms with Crippen LogP contribution in [0.1, 0.15) is 12.2 Å². The number of sulfonamides is 1. The van der Waals surface area contributed by atoms with Crippen LogP contribution in [0.3, 0.4) is 0 Å². The number of furan rings is 1. The van der Waals surface area contributed by atoms with Crippen LogP contribution in [0, 0.1) is 0 Å². The molecule has 0 fully saturated rings. The average Bonchev–Trinajstić information content (AvgIpc) is 2.68. The fourth-order valence-corrected chi connectivity index (χ4v) is 2.14. The van der Waals surface area contributed by atoms with Gasteiger partial charge in [0.1, 0.15) is 5.76 Å². The molecule has 6 heteroatoms. The maximum absolute atomic E-state index is 11.4. The zero-order chi connectivity index (χ0) is 11.1. The number of rotatable bonds is 7. The van der Waals surface area contributed by atoms with Crippen molar-refractivity contribution < 1.29 is 12.8 Å². The Morgan fingerprint density at radius 1 is 1.47 bits per heavy atom. The largest absolute Gasteiger partial charge is 0.468 e. The van der Waals surface area contributed by atoms with E-state index < -0.39 is 10.0 Å². The van der Waals surface area contributed by atoms with Crippen LogP contribution < -0.4 is 10.0 Å². The van der Waals surface area contributed by atoms with Crippen molar-refractivity contribution >= 4 is 10.0 Å². The Labute approximate surface area is 89.9 Å². The van der Waals surface area contributed by atoms with E-state index in [2.05, 4.69) is 10.0 Å². The zero-order valence-electron chi connectivity index (χ0n) is 8.69. The molecule has 1 heterocycles. The molecule has 86 valence electrons. The molecule has 0 spiro atoms. The van der Waals surface area contributed by atoms with Gasteiger partial charge >= 0.3 is 0 Å². The van der Waals surface area contributed by atoms with E-state index in [9.17, 15) is 8.42 Å². The van der Waals surface area contributed by atoms with Crippen LogP contribution in [0.15, 0.2) is 22.8 Å². The Morgan fingerprint density at radius 3 is 2.87 bits per heavy atom. The monoisotopic (exact) mass is 232 g/mol. The van der Waals surface area contributed by atoms with Gasteiger partial charge in [0.15, 0.2) is 0 Å². The van der Waals surface area contributed by atoms with Crippen molar-refractivity contribution in [3.05, 3.63) is 24.2 Å². The lowest BCUT2D eigenvalue weighted by Gasteiger charge is -2.04. The third kappa shape index (κ3) is 4.96. The molecule has 0 radical (unpaired) electrons. The molecule has 0 aliphatic rings. The summed E-state index contributed by atoms with van der Waals surface area (Å²) >= 11 is 0. The molecule has 0 unspecified atom stereocenters. The van der Waals surface area contributed by atoms with Gasteiger partial charge in [-0.15, -0.1) is 0 Å². The highest BCUT2D eigenvalue weighted by molar-refractivity contribution is 7.89. The van der Waals surface area contributed by atoms with Gasteiger partial charge < -0.3 is 9.73 Å². The van der Waals surface area contributed by atoms with Crippen LogP contribution in [0.4, 0.5) is 0 Å². The Bertz CT molecular complexity index is 359. The standard InChI is InChI=1S/C9H16N2O3S/c1-10-5-3-7-15(12,13)11-8-9-4-2-6-14-9/h2,4,6,10-11H,3,5,7-8H2,1H3. The van der Waals surface area contributed by atoms with Crippen molar-refractivity contribution in [3.63, 3.8) is 0 Å². The summed E-state index contributed by atoms with van der Waals surface area (Å²) in [7, 11) is -1.39. The molecule has 5 nitrogen and oxygen atoms in total. The molecule has 1 rings (SSSR count). The maximum Gasteiger partial charge on any atom is 0.212 e. The third-order valence-electron chi connectivity index (χ3n) is 1.89. The van der Waals surface area contributed by atoms with E-state index in [4.69, 9.17) is 4.42 Å². The van der Waals surface area contributed by atoms with Crippen LogP contribution in [-0.2, 0) is 16.6 Å². The summed E-state index contributed by atoms with van der Waals surface area (Å²) in [6.07, 6.45) is 2.12. The van der Waals surface area contributed by atoms with Crippen LogP contribution in [0.5, 0.6) is 0 Å². The summed E-state index contributed by atoms with van der Waals surface area (Å²) < 4.78 is 30.3. The predicted molar refractivity (Wildman–Crippen MR) is 57.9 cm³/mol. The molecular formula is C9H16N2O3S. The van der Waals surface area contributed by atoms with Gasteiger partial charge in [-0.3, -0.25) is 0 Å². The summed E-state index contributed by atoms with van der Waals surface area (Å²) in [6, 6.07) is 3.46. The lowest BCUT2D eigenvalue weighted by molar-refractivity contribution is 0.498. The molecule has 1 aromatic rings. The highest BCUT2D eigenvalue weighted by Crippen LogP contribution is 2.00. The Hall–Kier alpha value is -0.850. The Balaban J connectivity index is 2.30. The molecule has 0 atom stereocenters. The van der Waals surface area contributed by atoms with Crippen molar-refractivity contribution in [3.8, 4) is 0 Å². The Kier molecular flexibility index (Phi) is 4.80. The zero-order valence-corrected chi connectivity index (χ0v) is 9.51. The van der Waals surface area contributed by atoms with Crippen LogP contribution in [0.25, 0.3) is 0 Å². The first-order valence-electron chi connectivity index (χ1n) is 4.78. The van der Waals surface area contributed by atoms with Crippen molar-refractivity contribution in [2.24, 2.45) is 0 Å². The number of hydrogen-bond acceptors (Lipinski definition) is 4. The molecule has 15 heavy (non-hydrogen) atoms. The minimum Gasteiger partial charge on any atom is -0.468 e. The first-order chi connectivity index (χ1) is 7.14. The second kappa shape index (κ2) is 5.89. The summed E-state index contributed by atoms with van der Waals surface area (Å²) in [4.78, 5) is 0. The maximum atomic E-state index is 11.4. The molecule has 0 aliphatic carbocycles. The molecule has 1 aromatic heterocycles. The molecule has 0 aliphatic heterocycles. The average molecular weight is 232 g/mol. The molecule has 0 amide bonds. The fourth-order valence-electron chi connectivity index (χ4n) is 1.11. The van der Waals surface area contributed by atoms with Gasteiger partial charge in [0.05, 0.1) is 18.6 Å². The van der Waals surface area contributed by atoms with Gasteiger partial charge in [0, 0.05) is 0 Å². The SMILES string of the molecule is CNCCCS(=O)(=O)NCc1ccco1. The van der Waals surface area contributed by atoms with Crippen molar-refractivity contribution in [1.82, 2.24) is 10.0 Å². The quantitative estimate of drug-likeness (QED) is 0.664. The molecular weight excluding hydrogens is 216 g/mol. The molecule has 0 bridgehead atoms. The smallest absolute Gasteiger partial charge is 0.212 e. The minimum absolute atomic E-state index is 0.133. The van der Waals surface area contributed by atoms with Crippen LogP contribution >= 0.6 is 0 Å². The first-order valence-corrected chi connectivity index (χ1v) is 6.43. The first kappa shape index (κ1) is 12.2. The lowest BCUT2D eigenvalue weighted by atomic mass is 10.5. The van der Waals surface area contributed by atoms with E-state index in [0.717, 1.165) is 0 Å². The molecule has 0 aromatic carbocycles. The van der Waals surface area contributed by atoms with Crippen LogP contribution in [0.2, 0.25) is 0 Å². The number of hydrogen-bond donors (Lipinski definition) is 2. The summed E-state index contributed by atoms with van der Waals surface area (Å²) in [6.45, 7) is 0.913.